The summed E-state index contributed by atoms with van der Waals surface area (Å²) < 4.78 is 1.14. The molecule has 0 unspecified atom stereocenters. The Kier molecular flexibility index (Phi) is 4.87. The van der Waals surface area contributed by atoms with Crippen molar-refractivity contribution in [2.45, 2.75) is 13.0 Å². The minimum Gasteiger partial charge on any atom is -0.312 e. The number of nitro groups is 1. The molecular weight excluding hydrogens is 336 g/mol. The standard InChI is InChI=1S/C11H11BrN2O2S2/c12-10-2-1-9(18-10)3-4-13-6-8-5-11(14(15)16)17-7-8/h1-2,5,7,13H,3-4,6H2. The molecule has 4 nitrogen and oxygen atoms in total. The first kappa shape index (κ1) is 13.7. The van der Waals surface area contributed by atoms with Gasteiger partial charge < -0.3 is 5.32 Å². The Morgan fingerprint density at radius 2 is 2.28 bits per heavy atom. The topological polar surface area (TPSA) is 55.2 Å². The van der Waals surface area contributed by atoms with Crippen molar-refractivity contribution in [3.05, 3.63) is 47.9 Å². The van der Waals surface area contributed by atoms with E-state index in [4.69, 9.17) is 0 Å². The van der Waals surface area contributed by atoms with Crippen molar-refractivity contribution < 1.29 is 4.92 Å². The van der Waals surface area contributed by atoms with Gasteiger partial charge in [-0.25, -0.2) is 0 Å². The molecule has 0 aliphatic heterocycles. The van der Waals surface area contributed by atoms with Crippen LogP contribution in [0.1, 0.15) is 10.4 Å². The van der Waals surface area contributed by atoms with Crippen molar-refractivity contribution in [3.63, 3.8) is 0 Å². The van der Waals surface area contributed by atoms with Gasteiger partial charge in [0.25, 0.3) is 0 Å². The number of rotatable bonds is 6. The number of halogens is 1. The van der Waals surface area contributed by atoms with Crippen molar-refractivity contribution in [2.24, 2.45) is 0 Å². The molecule has 18 heavy (non-hydrogen) atoms. The van der Waals surface area contributed by atoms with Crippen molar-refractivity contribution >= 4 is 43.6 Å². The van der Waals surface area contributed by atoms with Crippen molar-refractivity contribution in [2.75, 3.05) is 6.54 Å². The Balaban J connectivity index is 1.73. The van der Waals surface area contributed by atoms with Crippen LogP contribution in [0.15, 0.2) is 27.4 Å². The summed E-state index contributed by atoms with van der Waals surface area (Å²) in [5.74, 6) is 0. The molecule has 0 saturated carbocycles. The third-order valence-electron chi connectivity index (χ3n) is 2.33. The van der Waals surface area contributed by atoms with Crippen molar-refractivity contribution in [1.29, 1.82) is 0 Å². The second-order valence-corrected chi connectivity index (χ2v) is 7.12. The fraction of sp³-hybridized carbons (Fsp3) is 0.273. The molecule has 0 aromatic carbocycles. The van der Waals surface area contributed by atoms with Crippen LogP contribution in [0, 0.1) is 10.1 Å². The average Bonchev–Trinajstić information content (AvgIpc) is 2.93. The molecule has 2 aromatic rings. The van der Waals surface area contributed by atoms with Gasteiger partial charge in [0.2, 0.25) is 0 Å². The number of nitrogens with zero attached hydrogens (tertiary/aromatic N) is 1. The quantitative estimate of drug-likeness (QED) is 0.491. The number of hydrogen-bond acceptors (Lipinski definition) is 5. The van der Waals surface area contributed by atoms with Crippen LogP contribution >= 0.6 is 38.6 Å². The highest BCUT2D eigenvalue weighted by atomic mass is 79.9. The second kappa shape index (κ2) is 6.42. The minimum atomic E-state index is -0.350. The minimum absolute atomic E-state index is 0.203. The summed E-state index contributed by atoms with van der Waals surface area (Å²) in [5.41, 5.74) is 0.971. The summed E-state index contributed by atoms with van der Waals surface area (Å²) >= 11 is 6.33. The number of thiophene rings is 2. The van der Waals surface area contributed by atoms with Gasteiger partial charge in [-0.05, 0) is 40.0 Å². The van der Waals surface area contributed by atoms with Gasteiger partial charge in [-0.1, -0.05) is 11.3 Å². The van der Waals surface area contributed by atoms with Gasteiger partial charge in [-0.2, -0.15) is 0 Å². The lowest BCUT2D eigenvalue weighted by molar-refractivity contribution is -0.380. The molecule has 0 amide bonds. The fourth-order valence-electron chi connectivity index (χ4n) is 1.48. The molecule has 1 N–H and O–H groups in total. The lowest BCUT2D eigenvalue weighted by Gasteiger charge is -2.00. The average molecular weight is 347 g/mol. The second-order valence-electron chi connectivity index (χ2n) is 3.68. The van der Waals surface area contributed by atoms with E-state index in [1.54, 1.807) is 17.4 Å². The van der Waals surface area contributed by atoms with Crippen LogP contribution in [0.25, 0.3) is 0 Å². The zero-order chi connectivity index (χ0) is 13.0. The lowest BCUT2D eigenvalue weighted by Crippen LogP contribution is -2.15. The molecule has 0 saturated heterocycles. The molecule has 0 aliphatic rings. The molecule has 2 aromatic heterocycles. The Hall–Kier alpha value is -0.760. The summed E-state index contributed by atoms with van der Waals surface area (Å²) in [5, 5.41) is 15.8. The van der Waals surface area contributed by atoms with Crippen LogP contribution < -0.4 is 5.32 Å². The van der Waals surface area contributed by atoms with Crippen LogP contribution in [-0.2, 0) is 13.0 Å². The van der Waals surface area contributed by atoms with Crippen molar-refractivity contribution in [1.82, 2.24) is 5.32 Å². The van der Waals surface area contributed by atoms with E-state index >= 15 is 0 Å². The zero-order valence-electron chi connectivity index (χ0n) is 9.39. The van der Waals surface area contributed by atoms with Gasteiger partial charge >= 0.3 is 5.00 Å². The summed E-state index contributed by atoms with van der Waals surface area (Å²) in [6.07, 6.45) is 0.975. The number of hydrogen-bond donors (Lipinski definition) is 1. The van der Waals surface area contributed by atoms with E-state index in [1.807, 2.05) is 11.4 Å². The smallest absolute Gasteiger partial charge is 0.312 e. The third-order valence-corrected chi connectivity index (χ3v) is 4.94. The maximum atomic E-state index is 10.5. The third kappa shape index (κ3) is 3.88. The molecule has 7 heteroatoms. The van der Waals surface area contributed by atoms with E-state index < -0.39 is 0 Å². The van der Waals surface area contributed by atoms with Gasteiger partial charge in [0.15, 0.2) is 0 Å². The molecule has 96 valence electrons. The van der Waals surface area contributed by atoms with E-state index in [2.05, 4.69) is 27.3 Å². The highest BCUT2D eigenvalue weighted by molar-refractivity contribution is 9.11. The molecule has 0 bridgehead atoms. The van der Waals surface area contributed by atoms with Gasteiger partial charge in [-0.3, -0.25) is 10.1 Å². The van der Waals surface area contributed by atoms with E-state index in [1.165, 1.54) is 16.2 Å². The Morgan fingerprint density at radius 1 is 1.44 bits per heavy atom. The van der Waals surface area contributed by atoms with Crippen LogP contribution in [0.5, 0.6) is 0 Å². The van der Waals surface area contributed by atoms with E-state index in [0.717, 1.165) is 22.3 Å². The molecule has 0 atom stereocenters. The highest BCUT2D eigenvalue weighted by Crippen LogP contribution is 2.23. The van der Waals surface area contributed by atoms with Crippen LogP contribution in [-0.4, -0.2) is 11.5 Å². The van der Waals surface area contributed by atoms with Crippen molar-refractivity contribution in [3.8, 4) is 0 Å². The summed E-state index contributed by atoms with van der Waals surface area (Å²) in [4.78, 5) is 11.5. The normalized spacial score (nSPS) is 10.7. The van der Waals surface area contributed by atoms with Crippen LogP contribution in [0.3, 0.4) is 0 Å². The molecule has 0 fully saturated rings. The van der Waals surface area contributed by atoms with Gasteiger partial charge in [0.05, 0.1) is 8.71 Å². The van der Waals surface area contributed by atoms with Gasteiger partial charge in [0.1, 0.15) is 0 Å². The zero-order valence-corrected chi connectivity index (χ0v) is 12.6. The molecule has 0 spiro atoms. The lowest BCUT2D eigenvalue weighted by atomic mass is 10.3. The molecule has 2 rings (SSSR count). The summed E-state index contributed by atoms with van der Waals surface area (Å²) in [6, 6.07) is 5.77. The molecule has 2 heterocycles. The summed E-state index contributed by atoms with van der Waals surface area (Å²) in [7, 11) is 0. The first-order valence-corrected chi connectivity index (χ1v) is 7.81. The van der Waals surface area contributed by atoms with E-state index in [9.17, 15) is 10.1 Å². The van der Waals surface area contributed by atoms with Crippen LogP contribution in [0.4, 0.5) is 5.00 Å². The number of nitrogens with one attached hydrogen (secondary N) is 1. The van der Waals surface area contributed by atoms with Gasteiger partial charge in [-0.15, -0.1) is 11.3 Å². The predicted molar refractivity (Wildman–Crippen MR) is 78.4 cm³/mol. The molecule has 0 aliphatic carbocycles. The first-order valence-electron chi connectivity index (χ1n) is 5.32. The predicted octanol–water partition coefficient (Wildman–Crippen LogP) is 3.81. The molecule has 0 radical (unpaired) electrons. The van der Waals surface area contributed by atoms with Crippen LogP contribution in [0.2, 0.25) is 0 Å². The van der Waals surface area contributed by atoms with Gasteiger partial charge in [0, 0.05) is 29.4 Å². The Bertz CT molecular complexity index is 539. The fourth-order valence-corrected chi connectivity index (χ4v) is 3.69. The SMILES string of the molecule is O=[N+]([O-])c1cc(CNCCc2ccc(Br)s2)cs1. The molecular formula is C11H11BrN2O2S2. The van der Waals surface area contributed by atoms with E-state index in [0.29, 0.717) is 6.54 Å². The first-order chi connectivity index (χ1) is 8.65. The Morgan fingerprint density at radius 3 is 2.89 bits per heavy atom. The van der Waals surface area contributed by atoms with E-state index in [-0.39, 0.29) is 9.92 Å². The maximum Gasteiger partial charge on any atom is 0.324 e. The highest BCUT2D eigenvalue weighted by Gasteiger charge is 2.08. The largest absolute Gasteiger partial charge is 0.324 e. The summed E-state index contributed by atoms with van der Waals surface area (Å²) in [6.45, 7) is 1.55. The Labute approximate surface area is 121 Å². The maximum absolute atomic E-state index is 10.5. The monoisotopic (exact) mass is 346 g/mol.